The minimum Gasteiger partial charge on any atom is -0.490 e. The summed E-state index contributed by atoms with van der Waals surface area (Å²) in [5, 5.41) is 3.02. The van der Waals surface area contributed by atoms with Crippen molar-refractivity contribution in [2.75, 3.05) is 18.5 Å². The van der Waals surface area contributed by atoms with Crippen molar-refractivity contribution in [1.82, 2.24) is 0 Å². The topological polar surface area (TPSA) is 47.6 Å². The number of ether oxygens (including phenoxy) is 2. The summed E-state index contributed by atoms with van der Waals surface area (Å²) in [6.45, 7) is 9.39. The zero-order valence-electron chi connectivity index (χ0n) is 16.5. The van der Waals surface area contributed by atoms with Crippen molar-refractivity contribution < 1.29 is 14.3 Å². The van der Waals surface area contributed by atoms with Crippen LogP contribution in [0.15, 0.2) is 40.9 Å². The molecule has 0 aliphatic heterocycles. The van der Waals surface area contributed by atoms with Crippen molar-refractivity contribution in [3.05, 3.63) is 52.0 Å². The van der Waals surface area contributed by atoms with Gasteiger partial charge in [0.1, 0.15) is 0 Å². The Balaban J connectivity index is 2.22. The number of anilines is 1. The molecule has 5 heteroatoms. The lowest BCUT2D eigenvalue weighted by Gasteiger charge is -2.16. The maximum absolute atomic E-state index is 12.8. The van der Waals surface area contributed by atoms with E-state index in [1.165, 1.54) is 0 Å². The van der Waals surface area contributed by atoms with E-state index in [2.05, 4.69) is 42.0 Å². The van der Waals surface area contributed by atoms with Gasteiger partial charge in [0.05, 0.1) is 13.2 Å². The van der Waals surface area contributed by atoms with Gasteiger partial charge in [-0.2, -0.15) is 0 Å². The fourth-order valence-electron chi connectivity index (χ4n) is 2.68. The number of benzene rings is 2. The van der Waals surface area contributed by atoms with E-state index in [-0.39, 0.29) is 5.91 Å². The molecular formula is C22H28BrNO3. The number of halogens is 1. The van der Waals surface area contributed by atoms with Crippen LogP contribution < -0.4 is 14.8 Å². The van der Waals surface area contributed by atoms with Gasteiger partial charge in [-0.15, -0.1) is 0 Å². The molecule has 0 spiro atoms. The van der Waals surface area contributed by atoms with E-state index in [1.54, 1.807) is 18.2 Å². The van der Waals surface area contributed by atoms with E-state index in [0.29, 0.717) is 36.2 Å². The van der Waals surface area contributed by atoms with E-state index in [1.807, 2.05) is 25.1 Å². The zero-order valence-corrected chi connectivity index (χ0v) is 18.1. The summed E-state index contributed by atoms with van der Waals surface area (Å²) in [4.78, 5) is 12.8. The van der Waals surface area contributed by atoms with E-state index >= 15 is 0 Å². The largest absolute Gasteiger partial charge is 0.490 e. The fraction of sp³-hybridized carbons (Fsp3) is 0.409. The predicted octanol–water partition coefficient (Wildman–Crippen LogP) is 6.40. The highest BCUT2D eigenvalue weighted by Crippen LogP contribution is 2.31. The summed E-state index contributed by atoms with van der Waals surface area (Å²) in [7, 11) is 0. The van der Waals surface area contributed by atoms with Crippen molar-refractivity contribution >= 4 is 27.5 Å². The van der Waals surface area contributed by atoms with Gasteiger partial charge in [-0.1, -0.05) is 43.1 Å². The van der Waals surface area contributed by atoms with Gasteiger partial charge >= 0.3 is 0 Å². The first-order valence-corrected chi connectivity index (χ1v) is 10.3. The van der Waals surface area contributed by atoms with Crippen LogP contribution >= 0.6 is 15.9 Å². The summed E-state index contributed by atoms with van der Waals surface area (Å²) in [5.41, 5.74) is 2.45. The summed E-state index contributed by atoms with van der Waals surface area (Å²) >= 11 is 3.49. The number of amides is 1. The van der Waals surface area contributed by atoms with E-state index < -0.39 is 0 Å². The van der Waals surface area contributed by atoms with Crippen LogP contribution in [-0.2, 0) is 0 Å². The molecule has 0 saturated carbocycles. The molecule has 146 valence electrons. The Kier molecular flexibility index (Phi) is 8.17. The number of rotatable bonds is 9. The molecule has 0 unspecified atom stereocenters. The highest BCUT2D eigenvalue weighted by atomic mass is 79.9. The summed E-state index contributed by atoms with van der Waals surface area (Å²) in [6.07, 6.45) is 2.05. The number of unbranched alkanes of at least 4 members (excludes halogenated alkanes) is 1. The fourth-order valence-corrected chi connectivity index (χ4v) is 3.06. The van der Waals surface area contributed by atoms with Crippen LogP contribution in [0.2, 0.25) is 0 Å². The second-order valence-corrected chi connectivity index (χ2v) is 7.55. The predicted molar refractivity (Wildman–Crippen MR) is 114 cm³/mol. The molecule has 0 radical (unpaired) electrons. The van der Waals surface area contributed by atoms with Gasteiger partial charge in [0.25, 0.3) is 5.91 Å². The molecule has 0 aliphatic carbocycles. The Labute approximate surface area is 170 Å². The van der Waals surface area contributed by atoms with Crippen LogP contribution in [0.5, 0.6) is 11.5 Å². The second-order valence-electron chi connectivity index (χ2n) is 6.64. The minimum absolute atomic E-state index is 0.166. The lowest BCUT2D eigenvalue weighted by Crippen LogP contribution is -2.14. The molecule has 0 heterocycles. The smallest absolute Gasteiger partial charge is 0.255 e. The molecule has 0 bridgehead atoms. The van der Waals surface area contributed by atoms with Crippen molar-refractivity contribution in [3.63, 3.8) is 0 Å². The van der Waals surface area contributed by atoms with Crippen LogP contribution in [0.4, 0.5) is 5.69 Å². The number of carbonyl (C=O) groups is 1. The first-order valence-electron chi connectivity index (χ1n) is 9.46. The summed E-state index contributed by atoms with van der Waals surface area (Å²) in [5.74, 6) is 1.40. The quantitative estimate of drug-likeness (QED) is 0.465. The highest BCUT2D eigenvalue weighted by Gasteiger charge is 2.15. The van der Waals surface area contributed by atoms with Crippen molar-refractivity contribution in [2.24, 2.45) is 0 Å². The molecule has 0 atom stereocenters. The number of nitrogens with one attached hydrogen (secondary N) is 1. The molecule has 0 saturated heterocycles. The van der Waals surface area contributed by atoms with Crippen molar-refractivity contribution in [3.8, 4) is 11.5 Å². The zero-order chi connectivity index (χ0) is 19.8. The van der Waals surface area contributed by atoms with Gasteiger partial charge in [0, 0.05) is 15.7 Å². The Bertz CT molecular complexity index is 774. The number of hydrogen-bond acceptors (Lipinski definition) is 3. The Hall–Kier alpha value is -2.01. The molecule has 2 rings (SSSR count). The number of carbonyl (C=O) groups excluding carboxylic acids is 1. The van der Waals surface area contributed by atoms with Crippen LogP contribution in [0.1, 0.15) is 62.4 Å². The summed E-state index contributed by atoms with van der Waals surface area (Å²) < 4.78 is 12.5. The Morgan fingerprint density at radius 3 is 2.52 bits per heavy atom. The van der Waals surface area contributed by atoms with E-state index in [4.69, 9.17) is 9.47 Å². The average Bonchev–Trinajstić information content (AvgIpc) is 2.64. The first-order chi connectivity index (χ1) is 13.0. The van der Waals surface area contributed by atoms with Gasteiger partial charge in [-0.05, 0) is 61.2 Å². The maximum atomic E-state index is 12.8. The third-order valence-electron chi connectivity index (χ3n) is 4.15. The molecule has 1 amide bonds. The van der Waals surface area contributed by atoms with Crippen LogP contribution in [-0.4, -0.2) is 19.1 Å². The standard InChI is InChI=1S/C22H28BrNO3/c1-5-7-12-27-20-11-8-16(13-21(20)26-6-2)22(25)24-19-10-9-17(23)14-18(19)15(3)4/h8-11,13-15H,5-7,12H2,1-4H3,(H,24,25). The molecule has 2 aromatic carbocycles. The van der Waals surface area contributed by atoms with Gasteiger partial charge in [0.15, 0.2) is 11.5 Å². The van der Waals surface area contributed by atoms with E-state index in [0.717, 1.165) is 28.6 Å². The Morgan fingerprint density at radius 1 is 1.07 bits per heavy atom. The van der Waals surface area contributed by atoms with Gasteiger partial charge in [-0.3, -0.25) is 4.79 Å². The van der Waals surface area contributed by atoms with Gasteiger partial charge in [0.2, 0.25) is 0 Å². The molecule has 0 fully saturated rings. The van der Waals surface area contributed by atoms with E-state index in [9.17, 15) is 4.79 Å². The molecular weight excluding hydrogens is 406 g/mol. The van der Waals surface area contributed by atoms with Gasteiger partial charge in [-0.25, -0.2) is 0 Å². The molecule has 0 aromatic heterocycles. The normalized spacial score (nSPS) is 10.7. The third-order valence-corrected chi connectivity index (χ3v) is 4.64. The van der Waals surface area contributed by atoms with Crippen LogP contribution in [0, 0.1) is 0 Å². The molecule has 27 heavy (non-hydrogen) atoms. The Morgan fingerprint density at radius 2 is 1.85 bits per heavy atom. The van der Waals surface area contributed by atoms with Gasteiger partial charge < -0.3 is 14.8 Å². The number of hydrogen-bond donors (Lipinski definition) is 1. The molecule has 0 aliphatic rings. The third kappa shape index (κ3) is 5.99. The molecule has 1 N–H and O–H groups in total. The van der Waals surface area contributed by atoms with Crippen molar-refractivity contribution in [2.45, 2.75) is 46.5 Å². The van der Waals surface area contributed by atoms with Crippen molar-refractivity contribution in [1.29, 1.82) is 0 Å². The molecule has 2 aromatic rings. The molecule has 4 nitrogen and oxygen atoms in total. The highest BCUT2D eigenvalue weighted by molar-refractivity contribution is 9.10. The second kappa shape index (κ2) is 10.4. The SMILES string of the molecule is CCCCOc1ccc(C(=O)Nc2ccc(Br)cc2C(C)C)cc1OCC. The lowest BCUT2D eigenvalue weighted by atomic mass is 10.0. The maximum Gasteiger partial charge on any atom is 0.255 e. The van der Waals surface area contributed by atoms with Crippen LogP contribution in [0.25, 0.3) is 0 Å². The lowest BCUT2D eigenvalue weighted by molar-refractivity contribution is 0.102. The summed E-state index contributed by atoms with van der Waals surface area (Å²) in [6, 6.07) is 11.2. The monoisotopic (exact) mass is 433 g/mol. The minimum atomic E-state index is -0.166. The van der Waals surface area contributed by atoms with Crippen LogP contribution in [0.3, 0.4) is 0 Å². The first kappa shape index (κ1) is 21.3. The average molecular weight is 434 g/mol.